The molecule has 16 heavy (non-hydrogen) atoms. The minimum atomic E-state index is -0.571. The van der Waals surface area contributed by atoms with Crippen molar-refractivity contribution in [2.75, 3.05) is 0 Å². The van der Waals surface area contributed by atoms with E-state index in [4.69, 9.17) is 18.0 Å². The summed E-state index contributed by atoms with van der Waals surface area (Å²) in [5, 5.41) is 6.72. The predicted molar refractivity (Wildman–Crippen MR) is 60.1 cm³/mol. The summed E-state index contributed by atoms with van der Waals surface area (Å²) in [6, 6.07) is 3.31. The van der Waals surface area contributed by atoms with Crippen LogP contribution in [0.25, 0.3) is 11.4 Å². The van der Waals surface area contributed by atoms with Crippen molar-refractivity contribution in [2.24, 2.45) is 12.8 Å². The number of H-pyrrole nitrogens is 1. The van der Waals surface area contributed by atoms with Crippen LogP contribution >= 0.6 is 12.2 Å². The summed E-state index contributed by atoms with van der Waals surface area (Å²) in [5.41, 5.74) is 6.08. The molecule has 2 aromatic rings. The fourth-order valence-electron chi connectivity index (χ4n) is 1.31. The lowest BCUT2D eigenvalue weighted by Crippen LogP contribution is -2.12. The Balaban J connectivity index is 2.57. The second kappa shape index (κ2) is 3.86. The average Bonchev–Trinajstić information content (AvgIpc) is 2.60. The van der Waals surface area contributed by atoms with Gasteiger partial charge in [-0.05, 0) is 24.4 Å². The molecule has 0 fully saturated rings. The third-order valence-electron chi connectivity index (χ3n) is 2.15. The number of nitrogens with zero attached hydrogens (tertiary/aromatic N) is 3. The van der Waals surface area contributed by atoms with E-state index in [2.05, 4.69) is 15.2 Å². The fourth-order valence-corrected chi connectivity index (χ4v) is 1.44. The molecule has 7 heteroatoms. The number of nitrogens with one attached hydrogen (secondary N) is 1. The van der Waals surface area contributed by atoms with Gasteiger partial charge >= 0.3 is 0 Å². The topological polar surface area (TPSA) is 89.6 Å². The van der Waals surface area contributed by atoms with Crippen molar-refractivity contribution < 1.29 is 4.79 Å². The molecule has 6 nitrogen and oxygen atoms in total. The van der Waals surface area contributed by atoms with Gasteiger partial charge in [-0.25, -0.2) is 0 Å². The maximum atomic E-state index is 11.0. The molecule has 2 rings (SSSR count). The van der Waals surface area contributed by atoms with E-state index in [1.165, 1.54) is 6.20 Å². The molecule has 82 valence electrons. The highest BCUT2D eigenvalue weighted by molar-refractivity contribution is 7.71. The SMILES string of the molecule is Cn1c(-c2ccnc(C(N)=O)c2)n[nH]c1=S. The highest BCUT2D eigenvalue weighted by atomic mass is 32.1. The molecule has 1 amide bonds. The lowest BCUT2D eigenvalue weighted by atomic mass is 10.2. The maximum Gasteiger partial charge on any atom is 0.267 e. The van der Waals surface area contributed by atoms with Gasteiger partial charge in [0, 0.05) is 18.8 Å². The Morgan fingerprint density at radius 3 is 2.94 bits per heavy atom. The molecule has 0 radical (unpaired) electrons. The van der Waals surface area contributed by atoms with Crippen molar-refractivity contribution in [1.82, 2.24) is 19.7 Å². The number of carbonyl (C=O) groups is 1. The van der Waals surface area contributed by atoms with E-state index in [1.54, 1.807) is 23.7 Å². The van der Waals surface area contributed by atoms with E-state index in [-0.39, 0.29) is 5.69 Å². The van der Waals surface area contributed by atoms with Gasteiger partial charge in [-0.15, -0.1) is 0 Å². The van der Waals surface area contributed by atoms with Gasteiger partial charge in [-0.2, -0.15) is 5.10 Å². The number of aromatic nitrogens is 4. The molecule has 0 aliphatic carbocycles. The van der Waals surface area contributed by atoms with Crippen LogP contribution in [0.5, 0.6) is 0 Å². The Morgan fingerprint density at radius 1 is 1.62 bits per heavy atom. The molecule has 0 spiro atoms. The quantitative estimate of drug-likeness (QED) is 0.747. The van der Waals surface area contributed by atoms with Crippen molar-refractivity contribution >= 4 is 18.1 Å². The molecular formula is C9H9N5OS. The van der Waals surface area contributed by atoms with Gasteiger partial charge in [0.05, 0.1) is 0 Å². The zero-order valence-electron chi connectivity index (χ0n) is 8.47. The second-order valence-corrected chi connectivity index (χ2v) is 3.59. The summed E-state index contributed by atoms with van der Waals surface area (Å²) in [7, 11) is 1.78. The Labute approximate surface area is 96.1 Å². The van der Waals surface area contributed by atoms with Gasteiger partial charge in [-0.3, -0.25) is 14.9 Å². The van der Waals surface area contributed by atoms with E-state index in [0.29, 0.717) is 10.6 Å². The molecule has 0 bridgehead atoms. The van der Waals surface area contributed by atoms with E-state index in [0.717, 1.165) is 5.56 Å². The fraction of sp³-hybridized carbons (Fsp3) is 0.111. The third kappa shape index (κ3) is 1.72. The molecule has 0 saturated carbocycles. The van der Waals surface area contributed by atoms with Crippen LogP contribution in [-0.2, 0) is 7.05 Å². The van der Waals surface area contributed by atoms with Gasteiger partial charge in [0.25, 0.3) is 5.91 Å². The second-order valence-electron chi connectivity index (χ2n) is 3.21. The first-order valence-electron chi connectivity index (χ1n) is 4.47. The molecule has 3 N–H and O–H groups in total. The summed E-state index contributed by atoms with van der Waals surface area (Å²) >= 11 is 5.00. The van der Waals surface area contributed by atoms with Crippen LogP contribution in [0.4, 0.5) is 0 Å². The predicted octanol–water partition coefficient (Wildman–Crippen LogP) is 0.639. The molecular weight excluding hydrogens is 226 g/mol. The van der Waals surface area contributed by atoms with Gasteiger partial charge in [-0.1, -0.05) is 0 Å². The molecule has 0 aliphatic rings. The van der Waals surface area contributed by atoms with Crippen molar-refractivity contribution in [1.29, 1.82) is 0 Å². The number of nitrogens with two attached hydrogens (primary N) is 1. The number of pyridine rings is 1. The van der Waals surface area contributed by atoms with Gasteiger partial charge < -0.3 is 10.3 Å². The first kappa shape index (κ1) is 10.5. The lowest BCUT2D eigenvalue weighted by molar-refractivity contribution is 0.0995. The maximum absolute atomic E-state index is 11.0. The average molecular weight is 235 g/mol. The van der Waals surface area contributed by atoms with Gasteiger partial charge in [0.2, 0.25) is 0 Å². The van der Waals surface area contributed by atoms with Crippen LogP contribution in [-0.4, -0.2) is 25.7 Å². The first-order valence-corrected chi connectivity index (χ1v) is 4.88. The monoisotopic (exact) mass is 235 g/mol. The third-order valence-corrected chi connectivity index (χ3v) is 2.52. The summed E-state index contributed by atoms with van der Waals surface area (Å²) in [6.45, 7) is 0. The number of hydrogen-bond acceptors (Lipinski definition) is 4. The minimum absolute atomic E-state index is 0.200. The summed E-state index contributed by atoms with van der Waals surface area (Å²) in [6.07, 6.45) is 1.51. The number of primary amides is 1. The number of carbonyl (C=O) groups excluding carboxylic acids is 1. The lowest BCUT2D eigenvalue weighted by Gasteiger charge is -2.01. The zero-order valence-corrected chi connectivity index (χ0v) is 9.28. The number of hydrogen-bond donors (Lipinski definition) is 2. The van der Waals surface area contributed by atoms with Gasteiger partial charge in [0.1, 0.15) is 5.69 Å². The molecule has 0 unspecified atom stereocenters. The normalized spacial score (nSPS) is 10.3. The largest absolute Gasteiger partial charge is 0.364 e. The van der Waals surface area contributed by atoms with Crippen molar-refractivity contribution in [3.8, 4) is 11.4 Å². The van der Waals surface area contributed by atoms with E-state index in [9.17, 15) is 4.79 Å². The smallest absolute Gasteiger partial charge is 0.267 e. The molecule has 0 atom stereocenters. The van der Waals surface area contributed by atoms with Crippen molar-refractivity contribution in [2.45, 2.75) is 0 Å². The Morgan fingerprint density at radius 2 is 2.38 bits per heavy atom. The number of aromatic amines is 1. The summed E-state index contributed by atoms with van der Waals surface area (Å²) < 4.78 is 2.21. The van der Waals surface area contributed by atoms with E-state index in [1.807, 2.05) is 0 Å². The van der Waals surface area contributed by atoms with Gasteiger partial charge in [0.15, 0.2) is 10.6 Å². The summed E-state index contributed by atoms with van der Waals surface area (Å²) in [5.74, 6) is 0.0635. The van der Waals surface area contributed by atoms with Crippen molar-refractivity contribution in [3.05, 3.63) is 28.8 Å². The highest BCUT2D eigenvalue weighted by Crippen LogP contribution is 2.15. The first-order chi connectivity index (χ1) is 7.59. The van der Waals surface area contributed by atoms with E-state index < -0.39 is 5.91 Å². The molecule has 0 aliphatic heterocycles. The van der Waals surface area contributed by atoms with Crippen LogP contribution in [0, 0.1) is 4.77 Å². The van der Waals surface area contributed by atoms with Crippen LogP contribution in [0.1, 0.15) is 10.5 Å². The minimum Gasteiger partial charge on any atom is -0.364 e. The highest BCUT2D eigenvalue weighted by Gasteiger charge is 2.08. The molecule has 2 aromatic heterocycles. The Kier molecular flexibility index (Phi) is 2.53. The summed E-state index contributed by atoms with van der Waals surface area (Å²) in [4.78, 5) is 14.8. The van der Waals surface area contributed by atoms with Crippen LogP contribution in [0.3, 0.4) is 0 Å². The molecule has 0 aromatic carbocycles. The number of amides is 1. The molecule has 0 saturated heterocycles. The Bertz CT molecular complexity index is 600. The van der Waals surface area contributed by atoms with E-state index >= 15 is 0 Å². The Hall–Kier alpha value is -2.02. The van der Waals surface area contributed by atoms with Crippen LogP contribution in [0.2, 0.25) is 0 Å². The van der Waals surface area contributed by atoms with Crippen LogP contribution < -0.4 is 5.73 Å². The van der Waals surface area contributed by atoms with Crippen molar-refractivity contribution in [3.63, 3.8) is 0 Å². The molecule has 2 heterocycles. The van der Waals surface area contributed by atoms with Crippen LogP contribution in [0.15, 0.2) is 18.3 Å². The number of rotatable bonds is 2. The standard InChI is InChI=1S/C9H9N5OS/c1-14-8(12-13-9(14)16)5-2-3-11-6(4-5)7(10)15/h2-4H,1H3,(H2,10,15)(H,13,16). The zero-order chi connectivity index (χ0) is 11.7.